The number of benzene rings is 2. The highest BCUT2D eigenvalue weighted by atomic mass is 16.6. The Bertz CT molecular complexity index is 734. The molecule has 0 amide bonds. The summed E-state index contributed by atoms with van der Waals surface area (Å²) in [5, 5.41) is 11.0. The second-order valence-electron chi connectivity index (χ2n) is 4.72. The summed E-state index contributed by atoms with van der Waals surface area (Å²) in [6.45, 7) is 1.75. The standard InChI is InChI=1S/C16H15NO6/c1-10-4-5-14(17(19)20)15(6-10)23-16(18)11-7-12(21-2)9-13(8-11)22-3/h4-9H,1-3H3. The maximum Gasteiger partial charge on any atom is 0.344 e. The first kappa shape index (κ1) is 16.3. The van der Waals surface area contributed by atoms with Crippen molar-refractivity contribution in [1.29, 1.82) is 0 Å². The second kappa shape index (κ2) is 6.78. The van der Waals surface area contributed by atoms with Gasteiger partial charge in [0, 0.05) is 12.1 Å². The van der Waals surface area contributed by atoms with Gasteiger partial charge in [-0.15, -0.1) is 0 Å². The van der Waals surface area contributed by atoms with E-state index in [1.54, 1.807) is 19.1 Å². The number of nitro groups is 1. The van der Waals surface area contributed by atoms with Crippen LogP contribution in [0.15, 0.2) is 36.4 Å². The van der Waals surface area contributed by atoms with Crippen LogP contribution in [0.2, 0.25) is 0 Å². The highest BCUT2D eigenvalue weighted by molar-refractivity contribution is 5.92. The van der Waals surface area contributed by atoms with Crippen LogP contribution in [-0.2, 0) is 0 Å². The molecule has 0 heterocycles. The van der Waals surface area contributed by atoms with E-state index in [9.17, 15) is 14.9 Å². The summed E-state index contributed by atoms with van der Waals surface area (Å²) in [5.41, 5.74) is 0.623. The fourth-order valence-corrected chi connectivity index (χ4v) is 1.94. The number of hydrogen-bond acceptors (Lipinski definition) is 6. The molecular formula is C16H15NO6. The van der Waals surface area contributed by atoms with Gasteiger partial charge >= 0.3 is 11.7 Å². The molecule has 0 aliphatic carbocycles. The van der Waals surface area contributed by atoms with Crippen LogP contribution >= 0.6 is 0 Å². The summed E-state index contributed by atoms with van der Waals surface area (Å²) in [5.74, 6) is -0.0252. The van der Waals surface area contributed by atoms with Crippen LogP contribution in [0, 0.1) is 17.0 Å². The molecule has 0 radical (unpaired) electrons. The van der Waals surface area contributed by atoms with Gasteiger partial charge in [0.05, 0.1) is 24.7 Å². The molecule has 7 heteroatoms. The summed E-state index contributed by atoms with van der Waals surface area (Å²) in [4.78, 5) is 22.7. The summed E-state index contributed by atoms with van der Waals surface area (Å²) >= 11 is 0. The molecule has 0 N–H and O–H groups in total. The van der Waals surface area contributed by atoms with Crippen molar-refractivity contribution in [2.75, 3.05) is 14.2 Å². The van der Waals surface area contributed by atoms with Gasteiger partial charge in [0.1, 0.15) is 11.5 Å². The Kier molecular flexibility index (Phi) is 4.80. The van der Waals surface area contributed by atoms with E-state index in [1.165, 1.54) is 38.5 Å². The first-order valence-corrected chi connectivity index (χ1v) is 6.65. The molecule has 0 saturated heterocycles. The summed E-state index contributed by atoms with van der Waals surface area (Å²) in [6, 6.07) is 8.84. The topological polar surface area (TPSA) is 87.9 Å². The van der Waals surface area contributed by atoms with Gasteiger partial charge in [-0.1, -0.05) is 6.07 Å². The lowest BCUT2D eigenvalue weighted by Crippen LogP contribution is -2.10. The molecule has 0 aliphatic rings. The van der Waals surface area contributed by atoms with Crippen LogP contribution in [-0.4, -0.2) is 25.1 Å². The Labute approximate surface area is 132 Å². The van der Waals surface area contributed by atoms with E-state index in [2.05, 4.69) is 0 Å². The van der Waals surface area contributed by atoms with Crippen molar-refractivity contribution in [1.82, 2.24) is 0 Å². The fourth-order valence-electron chi connectivity index (χ4n) is 1.94. The minimum absolute atomic E-state index is 0.109. The maximum absolute atomic E-state index is 12.3. The lowest BCUT2D eigenvalue weighted by Gasteiger charge is -2.09. The zero-order valence-corrected chi connectivity index (χ0v) is 12.9. The predicted molar refractivity (Wildman–Crippen MR) is 82.3 cm³/mol. The molecule has 0 unspecified atom stereocenters. The number of nitro benzene ring substituents is 1. The second-order valence-corrected chi connectivity index (χ2v) is 4.72. The van der Waals surface area contributed by atoms with E-state index in [0.29, 0.717) is 11.5 Å². The number of aryl methyl sites for hydroxylation is 1. The number of ether oxygens (including phenoxy) is 3. The van der Waals surface area contributed by atoms with Gasteiger partial charge in [0.2, 0.25) is 5.75 Å². The van der Waals surface area contributed by atoms with Gasteiger partial charge in [-0.3, -0.25) is 10.1 Å². The zero-order valence-electron chi connectivity index (χ0n) is 12.9. The number of esters is 1. The van der Waals surface area contributed by atoms with Crippen LogP contribution < -0.4 is 14.2 Å². The van der Waals surface area contributed by atoms with Gasteiger partial charge in [-0.2, -0.15) is 0 Å². The highest BCUT2D eigenvalue weighted by Gasteiger charge is 2.20. The number of carbonyl (C=O) groups excluding carboxylic acids is 1. The molecule has 2 aromatic rings. The van der Waals surface area contributed by atoms with Crippen molar-refractivity contribution < 1.29 is 23.9 Å². The quantitative estimate of drug-likeness (QED) is 0.364. The van der Waals surface area contributed by atoms with Crippen LogP contribution in [0.4, 0.5) is 5.69 Å². The van der Waals surface area contributed by atoms with E-state index in [4.69, 9.17) is 14.2 Å². The number of nitrogens with zero attached hydrogens (tertiary/aromatic N) is 1. The van der Waals surface area contributed by atoms with Crippen molar-refractivity contribution in [2.45, 2.75) is 6.92 Å². The van der Waals surface area contributed by atoms with E-state index in [1.807, 2.05) is 0 Å². The average molecular weight is 317 g/mol. The number of carbonyl (C=O) groups is 1. The largest absolute Gasteiger partial charge is 0.497 e. The molecule has 120 valence electrons. The minimum Gasteiger partial charge on any atom is -0.497 e. The normalized spacial score (nSPS) is 10.0. The minimum atomic E-state index is -0.740. The van der Waals surface area contributed by atoms with Gasteiger partial charge in [-0.25, -0.2) is 4.79 Å². The lowest BCUT2D eigenvalue weighted by molar-refractivity contribution is -0.385. The van der Waals surface area contributed by atoms with Crippen molar-refractivity contribution >= 4 is 11.7 Å². The molecule has 0 bridgehead atoms. The molecule has 0 saturated carbocycles. The number of rotatable bonds is 5. The molecule has 0 fully saturated rings. The molecule has 23 heavy (non-hydrogen) atoms. The van der Waals surface area contributed by atoms with Crippen molar-refractivity contribution in [3.63, 3.8) is 0 Å². The van der Waals surface area contributed by atoms with E-state index < -0.39 is 10.9 Å². The monoisotopic (exact) mass is 317 g/mol. The Morgan fingerprint density at radius 2 is 1.65 bits per heavy atom. The van der Waals surface area contributed by atoms with Gasteiger partial charge < -0.3 is 14.2 Å². The summed E-state index contributed by atoms with van der Waals surface area (Å²) < 4.78 is 15.3. The smallest absolute Gasteiger partial charge is 0.344 e. The SMILES string of the molecule is COc1cc(OC)cc(C(=O)Oc2cc(C)ccc2[N+](=O)[O-])c1. The molecule has 0 aromatic heterocycles. The molecule has 2 aromatic carbocycles. The van der Waals surface area contributed by atoms with Crippen LogP contribution in [0.5, 0.6) is 17.2 Å². The van der Waals surface area contributed by atoms with Crippen molar-refractivity contribution in [2.24, 2.45) is 0 Å². The van der Waals surface area contributed by atoms with E-state index >= 15 is 0 Å². The first-order valence-electron chi connectivity index (χ1n) is 6.65. The summed E-state index contributed by atoms with van der Waals surface area (Å²) in [7, 11) is 2.91. The van der Waals surface area contributed by atoms with Gasteiger partial charge in [-0.05, 0) is 30.7 Å². The molecule has 2 rings (SSSR count). The Morgan fingerprint density at radius 3 is 2.17 bits per heavy atom. The van der Waals surface area contributed by atoms with Crippen molar-refractivity contribution in [3.05, 3.63) is 57.6 Å². The van der Waals surface area contributed by atoms with E-state index in [-0.39, 0.29) is 17.0 Å². The van der Waals surface area contributed by atoms with Crippen molar-refractivity contribution in [3.8, 4) is 17.2 Å². The molecule has 0 spiro atoms. The number of methoxy groups -OCH3 is 2. The Morgan fingerprint density at radius 1 is 1.04 bits per heavy atom. The molecule has 0 atom stereocenters. The van der Waals surface area contributed by atoms with Crippen LogP contribution in [0.1, 0.15) is 15.9 Å². The lowest BCUT2D eigenvalue weighted by atomic mass is 10.2. The van der Waals surface area contributed by atoms with Crippen LogP contribution in [0.3, 0.4) is 0 Å². The molecule has 7 nitrogen and oxygen atoms in total. The van der Waals surface area contributed by atoms with Gasteiger partial charge in [0.25, 0.3) is 0 Å². The third-order valence-corrected chi connectivity index (χ3v) is 3.10. The molecular weight excluding hydrogens is 302 g/mol. The van der Waals surface area contributed by atoms with Gasteiger partial charge in [0.15, 0.2) is 0 Å². The zero-order chi connectivity index (χ0) is 17.0. The van der Waals surface area contributed by atoms with E-state index in [0.717, 1.165) is 5.56 Å². The maximum atomic E-state index is 12.3. The highest BCUT2D eigenvalue weighted by Crippen LogP contribution is 2.29. The third-order valence-electron chi connectivity index (χ3n) is 3.10. The Hall–Kier alpha value is -3.09. The first-order chi connectivity index (χ1) is 10.9. The number of hydrogen-bond donors (Lipinski definition) is 0. The fraction of sp³-hybridized carbons (Fsp3) is 0.188. The van der Waals surface area contributed by atoms with Crippen LogP contribution in [0.25, 0.3) is 0 Å². The Balaban J connectivity index is 2.36. The molecule has 0 aliphatic heterocycles. The average Bonchev–Trinajstić information content (AvgIpc) is 2.53. The third kappa shape index (κ3) is 3.76. The predicted octanol–water partition coefficient (Wildman–Crippen LogP) is 3.14. The summed E-state index contributed by atoms with van der Waals surface area (Å²) in [6.07, 6.45) is 0.